The lowest BCUT2D eigenvalue weighted by Gasteiger charge is -2.53. The Balaban J connectivity index is 1.75. The second-order valence-electron chi connectivity index (χ2n) is 9.99. The first kappa shape index (κ1) is 28.7. The number of fused-ring (bicyclic) bond motifs is 1. The van der Waals surface area contributed by atoms with Crippen molar-refractivity contribution >= 4 is 28.8 Å². The van der Waals surface area contributed by atoms with Gasteiger partial charge in [0, 0.05) is 25.0 Å². The summed E-state index contributed by atoms with van der Waals surface area (Å²) in [6.45, 7) is 9.54. The first-order chi connectivity index (χ1) is 17.7. The van der Waals surface area contributed by atoms with Crippen molar-refractivity contribution in [3.05, 3.63) is 36.1 Å². The van der Waals surface area contributed by atoms with Gasteiger partial charge in [-0.25, -0.2) is 9.69 Å². The third-order valence-electron chi connectivity index (χ3n) is 7.50. The number of carbonyl (C=O) groups is 3. The molecule has 0 unspecified atom stereocenters. The van der Waals surface area contributed by atoms with Gasteiger partial charge >= 0.3 is 6.03 Å². The molecule has 1 fully saturated rings. The van der Waals surface area contributed by atoms with E-state index in [1.807, 2.05) is 64.0 Å². The van der Waals surface area contributed by atoms with Crippen molar-refractivity contribution in [1.29, 1.82) is 0 Å². The van der Waals surface area contributed by atoms with Gasteiger partial charge in [0.05, 0.1) is 17.7 Å². The Labute approximate surface area is 220 Å². The highest BCUT2D eigenvalue weighted by atomic mass is 16.5. The number of urea groups is 1. The van der Waals surface area contributed by atoms with Crippen LogP contribution in [0.3, 0.4) is 0 Å². The van der Waals surface area contributed by atoms with Gasteiger partial charge in [0.2, 0.25) is 11.8 Å². The summed E-state index contributed by atoms with van der Waals surface area (Å²) in [6.07, 6.45) is 3.47. The van der Waals surface area contributed by atoms with Crippen molar-refractivity contribution in [2.75, 3.05) is 40.3 Å². The van der Waals surface area contributed by atoms with Crippen LogP contribution in [-0.2, 0) is 14.3 Å². The van der Waals surface area contributed by atoms with Crippen molar-refractivity contribution < 1.29 is 23.5 Å². The second-order valence-corrected chi connectivity index (χ2v) is 9.99. The van der Waals surface area contributed by atoms with Gasteiger partial charge < -0.3 is 24.3 Å². The summed E-state index contributed by atoms with van der Waals surface area (Å²) in [5, 5.41) is 4.01. The van der Waals surface area contributed by atoms with Gasteiger partial charge in [0.15, 0.2) is 6.23 Å². The molecule has 2 heterocycles. The molecule has 0 saturated carbocycles. The molecule has 1 aromatic heterocycles. The Morgan fingerprint density at radius 3 is 2.49 bits per heavy atom. The average molecular weight is 515 g/mol. The summed E-state index contributed by atoms with van der Waals surface area (Å²) in [4.78, 5) is 44.5. The van der Waals surface area contributed by atoms with Crippen LogP contribution in [0.15, 0.2) is 34.9 Å². The second kappa shape index (κ2) is 12.6. The van der Waals surface area contributed by atoms with E-state index in [1.54, 1.807) is 11.2 Å². The molecule has 2 atom stereocenters. The number of nitrogens with one attached hydrogen (secondary N) is 1. The van der Waals surface area contributed by atoms with Crippen molar-refractivity contribution in [2.24, 2.45) is 5.41 Å². The number of likely N-dealkylation sites (tertiary alicyclic amines) is 1. The third-order valence-corrected chi connectivity index (χ3v) is 7.50. The number of amides is 4. The fraction of sp³-hybridized carbons (Fsp3) is 0.607. The minimum atomic E-state index is -0.811. The molecule has 1 aliphatic heterocycles. The average Bonchev–Trinajstić information content (AvgIpc) is 3.35. The van der Waals surface area contributed by atoms with E-state index in [9.17, 15) is 14.4 Å². The zero-order valence-corrected chi connectivity index (χ0v) is 23.1. The molecule has 4 amide bonds. The largest absolute Gasteiger partial charge is 0.464 e. The lowest BCUT2D eigenvalue weighted by molar-refractivity contribution is -0.212. The van der Waals surface area contributed by atoms with Crippen molar-refractivity contribution in [1.82, 2.24) is 20.0 Å². The molecule has 204 valence electrons. The van der Waals surface area contributed by atoms with Gasteiger partial charge in [-0.05, 0) is 64.0 Å². The third kappa shape index (κ3) is 5.99. The fourth-order valence-corrected chi connectivity index (χ4v) is 5.02. The van der Waals surface area contributed by atoms with E-state index in [-0.39, 0.29) is 24.5 Å². The highest BCUT2D eigenvalue weighted by Gasteiger charge is 2.62. The Bertz CT molecular complexity index is 1080. The van der Waals surface area contributed by atoms with Crippen LogP contribution in [0, 0.1) is 5.41 Å². The van der Waals surface area contributed by atoms with E-state index in [1.165, 1.54) is 0 Å². The van der Waals surface area contributed by atoms with Crippen LogP contribution in [0.5, 0.6) is 0 Å². The number of furan rings is 1. The van der Waals surface area contributed by atoms with Gasteiger partial charge in [-0.3, -0.25) is 9.59 Å². The van der Waals surface area contributed by atoms with Crippen molar-refractivity contribution in [3.63, 3.8) is 0 Å². The molecule has 1 aromatic carbocycles. The van der Waals surface area contributed by atoms with Gasteiger partial charge in [-0.2, -0.15) is 0 Å². The number of benzene rings is 1. The first-order valence-electron chi connectivity index (χ1n) is 13.4. The highest BCUT2D eigenvalue weighted by Crippen LogP contribution is 2.46. The van der Waals surface area contributed by atoms with Gasteiger partial charge in [0.25, 0.3) is 0 Å². The molecule has 1 N–H and O–H groups in total. The van der Waals surface area contributed by atoms with Gasteiger partial charge in [0.1, 0.15) is 12.2 Å². The summed E-state index contributed by atoms with van der Waals surface area (Å²) in [7, 11) is 3.92. The molecule has 37 heavy (non-hydrogen) atoms. The molecule has 0 radical (unpaired) electrons. The quantitative estimate of drug-likeness (QED) is 0.399. The number of carbonyl (C=O) groups excluding carboxylic acids is 3. The molecule has 1 aliphatic rings. The minimum absolute atomic E-state index is 0.151. The Kier molecular flexibility index (Phi) is 9.73. The fourth-order valence-electron chi connectivity index (χ4n) is 5.02. The van der Waals surface area contributed by atoms with Crippen LogP contribution in [0.1, 0.15) is 65.0 Å². The van der Waals surface area contributed by atoms with Crippen molar-refractivity contribution in [2.45, 2.75) is 65.6 Å². The topological polar surface area (TPSA) is 95.3 Å². The molecule has 0 bridgehead atoms. The molecule has 3 rings (SSSR count). The molecule has 1 saturated heterocycles. The number of likely N-dealkylation sites (N-methyl/N-ethyl adjacent to an activating group) is 2. The number of rotatable bonds is 13. The number of ether oxygens (including phenoxy) is 1. The lowest BCUT2D eigenvalue weighted by atomic mass is 9.72. The standard InChI is InChI=1S/C28H42N4O5/c1-7-11-22(20-12-13-23-21(18-20)14-17-36-23)29-27(35)32-25(34)28(8-2,9-3)26(32)37-19-24(33)31(10-4)16-15-30(5)6/h12-14,17-18,22,26H,7-11,15-16,19H2,1-6H3,(H,29,35)/t22-,26+/m1/s1. The molecule has 9 heteroatoms. The number of β-lactam (4-membered cyclic amide) rings is 1. The Hall–Kier alpha value is -2.91. The maximum Gasteiger partial charge on any atom is 0.326 e. The number of imide groups is 1. The molecule has 9 nitrogen and oxygen atoms in total. The van der Waals surface area contributed by atoms with Crippen LogP contribution >= 0.6 is 0 Å². The summed E-state index contributed by atoms with van der Waals surface area (Å²) in [5.41, 5.74) is 0.916. The Morgan fingerprint density at radius 1 is 1.14 bits per heavy atom. The van der Waals surface area contributed by atoms with Crippen LogP contribution in [-0.4, -0.2) is 79.1 Å². The van der Waals surface area contributed by atoms with Crippen LogP contribution < -0.4 is 5.32 Å². The van der Waals surface area contributed by atoms with E-state index in [0.29, 0.717) is 32.4 Å². The zero-order chi connectivity index (χ0) is 27.2. The molecule has 2 aromatic rings. The summed E-state index contributed by atoms with van der Waals surface area (Å²) in [5.74, 6) is -0.407. The van der Waals surface area contributed by atoms with Crippen LogP contribution in [0.2, 0.25) is 0 Å². The van der Waals surface area contributed by atoms with E-state index < -0.39 is 17.7 Å². The predicted molar refractivity (Wildman–Crippen MR) is 143 cm³/mol. The Morgan fingerprint density at radius 2 is 1.86 bits per heavy atom. The SMILES string of the molecule is CCC[C@@H](NC(=O)N1C(=O)C(CC)(CC)[C@@H]1OCC(=O)N(CC)CCN(C)C)c1ccc2occc2c1. The maximum atomic E-state index is 13.4. The van der Waals surface area contributed by atoms with E-state index in [0.717, 1.165) is 34.4 Å². The summed E-state index contributed by atoms with van der Waals surface area (Å²) >= 11 is 0. The van der Waals surface area contributed by atoms with Crippen molar-refractivity contribution in [3.8, 4) is 0 Å². The minimum Gasteiger partial charge on any atom is -0.464 e. The monoisotopic (exact) mass is 514 g/mol. The number of nitrogens with zero attached hydrogens (tertiary/aromatic N) is 3. The number of hydrogen-bond donors (Lipinski definition) is 1. The van der Waals surface area contributed by atoms with E-state index >= 15 is 0 Å². The highest BCUT2D eigenvalue weighted by molar-refractivity contribution is 6.03. The van der Waals surface area contributed by atoms with Crippen LogP contribution in [0.25, 0.3) is 11.0 Å². The van der Waals surface area contributed by atoms with Gasteiger partial charge in [-0.15, -0.1) is 0 Å². The smallest absolute Gasteiger partial charge is 0.326 e. The number of hydrogen-bond acceptors (Lipinski definition) is 6. The van der Waals surface area contributed by atoms with Gasteiger partial charge in [-0.1, -0.05) is 33.3 Å². The van der Waals surface area contributed by atoms with Crippen LogP contribution in [0.4, 0.5) is 4.79 Å². The molecular weight excluding hydrogens is 472 g/mol. The molecule has 0 spiro atoms. The molecular formula is C28H42N4O5. The molecule has 0 aliphatic carbocycles. The van der Waals surface area contributed by atoms with E-state index in [4.69, 9.17) is 9.15 Å². The summed E-state index contributed by atoms with van der Waals surface area (Å²) < 4.78 is 11.5. The lowest BCUT2D eigenvalue weighted by Crippen LogP contribution is -2.72. The maximum absolute atomic E-state index is 13.4. The van der Waals surface area contributed by atoms with E-state index in [2.05, 4.69) is 12.2 Å². The zero-order valence-electron chi connectivity index (χ0n) is 23.1. The summed E-state index contributed by atoms with van der Waals surface area (Å²) in [6, 6.07) is 6.95. The predicted octanol–water partition coefficient (Wildman–Crippen LogP) is 4.39. The normalized spacial score (nSPS) is 17.6. The first-order valence-corrected chi connectivity index (χ1v) is 13.4.